The standard InChI is InChI=1S/C22H26N2O4S/c1-26-17-6-16(7-18(8-17)27-2)20-23-24-21(28-20)29-12-19(25)22-9-13-3-14(10-22)5-15(4-13)11-22/h6-8,13-15H,3-5,9-12H2,1-2H3. The van der Waals surface area contributed by atoms with Gasteiger partial charge in [0.05, 0.1) is 20.0 Å². The highest BCUT2D eigenvalue weighted by Gasteiger charge is 2.54. The average Bonchev–Trinajstić information content (AvgIpc) is 3.19. The number of carbonyl (C=O) groups excluding carboxylic acids is 1. The van der Waals surface area contributed by atoms with Crippen LogP contribution in [0.25, 0.3) is 11.5 Å². The van der Waals surface area contributed by atoms with E-state index >= 15 is 0 Å². The number of carbonyl (C=O) groups is 1. The Bertz CT molecular complexity index is 868. The first-order chi connectivity index (χ1) is 14.1. The van der Waals surface area contributed by atoms with Crippen LogP contribution in [0, 0.1) is 23.2 Å². The number of hydrogen-bond acceptors (Lipinski definition) is 7. The van der Waals surface area contributed by atoms with E-state index < -0.39 is 0 Å². The van der Waals surface area contributed by atoms with E-state index in [4.69, 9.17) is 13.9 Å². The van der Waals surface area contributed by atoms with E-state index in [1.165, 1.54) is 31.0 Å². The fourth-order valence-electron chi connectivity index (χ4n) is 6.05. The van der Waals surface area contributed by atoms with Crippen molar-refractivity contribution >= 4 is 17.5 Å². The maximum atomic E-state index is 13.2. The summed E-state index contributed by atoms with van der Waals surface area (Å²) in [6.07, 6.45) is 7.31. The molecule has 1 heterocycles. The number of aromatic nitrogens is 2. The second-order valence-corrected chi connectivity index (χ2v) is 9.81. The zero-order valence-electron chi connectivity index (χ0n) is 16.8. The van der Waals surface area contributed by atoms with Crippen molar-refractivity contribution in [3.05, 3.63) is 18.2 Å². The highest BCUT2D eigenvalue weighted by molar-refractivity contribution is 7.99. The van der Waals surface area contributed by atoms with Crippen LogP contribution in [0.4, 0.5) is 0 Å². The summed E-state index contributed by atoms with van der Waals surface area (Å²) in [4.78, 5) is 13.2. The van der Waals surface area contributed by atoms with Crippen LogP contribution < -0.4 is 9.47 Å². The lowest BCUT2D eigenvalue weighted by molar-refractivity contribution is -0.141. The summed E-state index contributed by atoms with van der Waals surface area (Å²) in [5, 5.41) is 8.71. The molecule has 0 spiro atoms. The van der Waals surface area contributed by atoms with Gasteiger partial charge in [-0.3, -0.25) is 4.79 Å². The van der Waals surface area contributed by atoms with E-state index in [1.807, 2.05) is 12.1 Å². The molecule has 0 atom stereocenters. The average molecular weight is 415 g/mol. The van der Waals surface area contributed by atoms with Gasteiger partial charge in [0.25, 0.3) is 5.22 Å². The van der Waals surface area contributed by atoms with Crippen molar-refractivity contribution in [2.45, 2.75) is 43.7 Å². The van der Waals surface area contributed by atoms with Gasteiger partial charge in [-0.2, -0.15) is 0 Å². The first-order valence-electron chi connectivity index (χ1n) is 10.3. The quantitative estimate of drug-likeness (QED) is 0.611. The second kappa shape index (κ2) is 7.35. The number of rotatable bonds is 7. The molecule has 29 heavy (non-hydrogen) atoms. The molecule has 1 aromatic heterocycles. The predicted octanol–water partition coefficient (Wildman–Crippen LogP) is 4.63. The molecule has 0 radical (unpaired) electrons. The van der Waals surface area contributed by atoms with Crippen LogP contribution in [0.15, 0.2) is 27.8 Å². The minimum Gasteiger partial charge on any atom is -0.497 e. The van der Waals surface area contributed by atoms with E-state index in [-0.39, 0.29) is 5.41 Å². The van der Waals surface area contributed by atoms with Gasteiger partial charge in [0, 0.05) is 17.0 Å². The minimum atomic E-state index is -0.0786. The molecule has 6 rings (SSSR count). The van der Waals surface area contributed by atoms with Gasteiger partial charge in [0.15, 0.2) is 0 Å². The maximum Gasteiger partial charge on any atom is 0.277 e. The molecule has 7 heteroatoms. The topological polar surface area (TPSA) is 74.5 Å². The summed E-state index contributed by atoms with van der Waals surface area (Å²) in [5.74, 6) is 4.81. The van der Waals surface area contributed by atoms with Crippen LogP contribution in [0.2, 0.25) is 0 Å². The Labute approximate surface area is 174 Å². The van der Waals surface area contributed by atoms with E-state index in [2.05, 4.69) is 10.2 Å². The summed E-state index contributed by atoms with van der Waals surface area (Å²) >= 11 is 1.36. The molecule has 0 aliphatic heterocycles. The molecule has 4 bridgehead atoms. The van der Waals surface area contributed by atoms with Gasteiger partial charge in [-0.1, -0.05) is 11.8 Å². The van der Waals surface area contributed by atoms with Gasteiger partial charge < -0.3 is 13.9 Å². The largest absolute Gasteiger partial charge is 0.497 e. The van der Waals surface area contributed by atoms with E-state index in [9.17, 15) is 4.79 Å². The van der Waals surface area contributed by atoms with Gasteiger partial charge in [-0.25, -0.2) is 0 Å². The molecule has 1 aromatic carbocycles. The Hall–Kier alpha value is -2.02. The summed E-state index contributed by atoms with van der Waals surface area (Å²) < 4.78 is 16.4. The van der Waals surface area contributed by atoms with Crippen molar-refractivity contribution in [3.63, 3.8) is 0 Å². The summed E-state index contributed by atoms with van der Waals surface area (Å²) in [6.45, 7) is 0. The lowest BCUT2D eigenvalue weighted by Gasteiger charge is -2.55. The predicted molar refractivity (Wildman–Crippen MR) is 109 cm³/mol. The third-order valence-corrected chi connectivity index (χ3v) is 7.78. The molecule has 154 valence electrons. The SMILES string of the molecule is COc1cc(OC)cc(-c2nnc(SCC(=O)C34CC5CC(CC(C5)C3)C4)o2)c1. The van der Waals surface area contributed by atoms with Crippen molar-refractivity contribution in [1.29, 1.82) is 0 Å². The number of hydrogen-bond donors (Lipinski definition) is 0. The number of benzene rings is 1. The van der Waals surface area contributed by atoms with Gasteiger partial charge >= 0.3 is 0 Å². The minimum absolute atomic E-state index is 0.0786. The normalized spacial score (nSPS) is 29.8. The van der Waals surface area contributed by atoms with Crippen molar-refractivity contribution in [3.8, 4) is 23.0 Å². The molecule has 4 fully saturated rings. The third kappa shape index (κ3) is 3.54. The number of methoxy groups -OCH3 is 2. The molecule has 6 nitrogen and oxygen atoms in total. The Kier molecular flexibility index (Phi) is 4.81. The van der Waals surface area contributed by atoms with Crippen molar-refractivity contribution in [2.75, 3.05) is 20.0 Å². The van der Waals surface area contributed by atoms with Gasteiger partial charge in [-0.15, -0.1) is 10.2 Å². The Morgan fingerprint density at radius 3 is 2.17 bits per heavy atom. The molecular formula is C22H26N2O4S. The first-order valence-corrected chi connectivity index (χ1v) is 11.3. The molecular weight excluding hydrogens is 388 g/mol. The third-order valence-electron chi connectivity index (χ3n) is 6.96. The monoisotopic (exact) mass is 414 g/mol. The van der Waals surface area contributed by atoms with E-state index in [1.54, 1.807) is 20.3 Å². The van der Waals surface area contributed by atoms with Gasteiger partial charge in [0.2, 0.25) is 5.89 Å². The number of Topliss-reactive ketones (excluding diaryl/α,β-unsaturated/α-hetero) is 1. The zero-order chi connectivity index (χ0) is 20.0. The molecule has 0 unspecified atom stereocenters. The van der Waals surface area contributed by atoms with E-state index in [0.717, 1.165) is 42.6 Å². The molecule has 4 saturated carbocycles. The Balaban J connectivity index is 1.27. The molecule has 0 saturated heterocycles. The zero-order valence-corrected chi connectivity index (χ0v) is 17.7. The van der Waals surface area contributed by atoms with Crippen LogP contribution in [0.3, 0.4) is 0 Å². The lowest BCUT2D eigenvalue weighted by atomic mass is 9.48. The van der Waals surface area contributed by atoms with Crippen molar-refractivity contribution < 1.29 is 18.7 Å². The van der Waals surface area contributed by atoms with Crippen LogP contribution in [-0.2, 0) is 4.79 Å². The summed E-state index contributed by atoms with van der Waals surface area (Å²) in [6, 6.07) is 5.44. The maximum absolute atomic E-state index is 13.2. The fraction of sp³-hybridized carbons (Fsp3) is 0.591. The fourth-order valence-corrected chi connectivity index (χ4v) is 6.85. The second-order valence-electron chi connectivity index (χ2n) is 8.88. The van der Waals surface area contributed by atoms with Crippen LogP contribution in [0.5, 0.6) is 11.5 Å². The Morgan fingerprint density at radius 1 is 1.03 bits per heavy atom. The van der Waals surface area contributed by atoms with Gasteiger partial charge in [0.1, 0.15) is 17.3 Å². The Morgan fingerprint density at radius 2 is 1.62 bits per heavy atom. The van der Waals surface area contributed by atoms with Crippen molar-refractivity contribution in [2.24, 2.45) is 23.2 Å². The molecule has 4 aliphatic carbocycles. The molecule has 0 amide bonds. The smallest absolute Gasteiger partial charge is 0.277 e. The molecule has 4 aliphatic rings. The molecule has 2 aromatic rings. The number of nitrogens with zero attached hydrogens (tertiary/aromatic N) is 2. The first kappa shape index (κ1) is 19.0. The van der Waals surface area contributed by atoms with E-state index in [0.29, 0.717) is 34.1 Å². The number of ketones is 1. The number of thioether (sulfide) groups is 1. The van der Waals surface area contributed by atoms with Crippen LogP contribution in [0.1, 0.15) is 38.5 Å². The van der Waals surface area contributed by atoms with Gasteiger partial charge in [-0.05, 0) is 68.4 Å². The van der Waals surface area contributed by atoms with Crippen molar-refractivity contribution in [1.82, 2.24) is 10.2 Å². The molecule has 0 N–H and O–H groups in total. The van der Waals surface area contributed by atoms with Crippen LogP contribution in [-0.4, -0.2) is 36.0 Å². The highest BCUT2D eigenvalue weighted by Crippen LogP contribution is 2.60. The number of ether oxygens (including phenoxy) is 2. The lowest BCUT2D eigenvalue weighted by Crippen LogP contribution is -2.50. The summed E-state index contributed by atoms with van der Waals surface area (Å²) in [5.41, 5.74) is 0.651. The highest BCUT2D eigenvalue weighted by atomic mass is 32.2. The summed E-state index contributed by atoms with van der Waals surface area (Å²) in [7, 11) is 3.20. The van der Waals surface area contributed by atoms with Crippen LogP contribution >= 0.6 is 11.8 Å².